The summed E-state index contributed by atoms with van der Waals surface area (Å²) in [5.41, 5.74) is 0. The number of ether oxygens (including phenoxy) is 1. The highest BCUT2D eigenvalue weighted by atomic mass is 16.5. The normalized spacial score (nSPS) is 44.3. The highest BCUT2D eigenvalue weighted by Gasteiger charge is 2.38. The molecule has 4 atom stereocenters. The van der Waals surface area contributed by atoms with Crippen LogP contribution in [0.4, 0.5) is 0 Å². The maximum atomic E-state index is 5.62. The molecule has 0 aromatic heterocycles. The molecule has 3 aliphatic carbocycles. The SMILES string of the molecule is CCCC1CCC(C2CCC3CC(OC)CCC3C2)CC1. The van der Waals surface area contributed by atoms with Gasteiger partial charge in [-0.15, -0.1) is 0 Å². The first-order valence-corrected chi connectivity index (χ1v) is 9.82. The fraction of sp³-hybridized carbons (Fsp3) is 1.00. The van der Waals surface area contributed by atoms with Crippen molar-refractivity contribution in [3.63, 3.8) is 0 Å². The van der Waals surface area contributed by atoms with E-state index in [0.29, 0.717) is 6.10 Å². The molecule has 0 aromatic carbocycles. The Hall–Kier alpha value is -0.0400. The topological polar surface area (TPSA) is 9.23 Å². The van der Waals surface area contributed by atoms with Gasteiger partial charge in [0, 0.05) is 7.11 Å². The van der Waals surface area contributed by atoms with Crippen LogP contribution in [0, 0.1) is 29.6 Å². The third-order valence-corrected chi connectivity index (χ3v) is 7.19. The van der Waals surface area contributed by atoms with E-state index in [1.54, 1.807) is 19.3 Å². The van der Waals surface area contributed by atoms with E-state index in [2.05, 4.69) is 6.92 Å². The van der Waals surface area contributed by atoms with Gasteiger partial charge in [-0.2, -0.15) is 0 Å². The lowest BCUT2D eigenvalue weighted by molar-refractivity contribution is -0.00370. The van der Waals surface area contributed by atoms with Gasteiger partial charge in [0.2, 0.25) is 0 Å². The molecule has 0 aliphatic heterocycles. The Bertz CT molecular complexity index is 305. The number of rotatable bonds is 4. The van der Waals surface area contributed by atoms with Gasteiger partial charge in [0.1, 0.15) is 0 Å². The maximum Gasteiger partial charge on any atom is 0.0574 e. The molecule has 3 fully saturated rings. The molecule has 0 bridgehead atoms. The van der Waals surface area contributed by atoms with E-state index in [1.807, 2.05) is 7.11 Å². The van der Waals surface area contributed by atoms with Crippen LogP contribution in [0.5, 0.6) is 0 Å². The molecule has 3 rings (SSSR count). The minimum Gasteiger partial charge on any atom is -0.381 e. The zero-order valence-electron chi connectivity index (χ0n) is 14.4. The van der Waals surface area contributed by atoms with Gasteiger partial charge < -0.3 is 4.74 Å². The predicted molar refractivity (Wildman–Crippen MR) is 89.3 cm³/mol. The number of hydrogen-bond donors (Lipinski definition) is 0. The average Bonchev–Trinajstić information content (AvgIpc) is 2.55. The van der Waals surface area contributed by atoms with Crippen LogP contribution in [0.3, 0.4) is 0 Å². The van der Waals surface area contributed by atoms with Gasteiger partial charge in [-0.25, -0.2) is 0 Å². The first-order chi connectivity index (χ1) is 10.3. The average molecular weight is 293 g/mol. The van der Waals surface area contributed by atoms with E-state index in [9.17, 15) is 0 Å². The summed E-state index contributed by atoms with van der Waals surface area (Å²) in [5, 5.41) is 0. The van der Waals surface area contributed by atoms with Crippen LogP contribution in [0.2, 0.25) is 0 Å². The molecule has 21 heavy (non-hydrogen) atoms. The lowest BCUT2D eigenvalue weighted by Crippen LogP contribution is -2.36. The second-order valence-electron chi connectivity index (χ2n) is 8.33. The molecular formula is C20H36O. The Balaban J connectivity index is 1.47. The van der Waals surface area contributed by atoms with Crippen molar-refractivity contribution in [2.24, 2.45) is 29.6 Å². The van der Waals surface area contributed by atoms with Crippen LogP contribution in [-0.4, -0.2) is 13.2 Å². The van der Waals surface area contributed by atoms with Crippen molar-refractivity contribution in [1.82, 2.24) is 0 Å². The van der Waals surface area contributed by atoms with Gasteiger partial charge in [-0.05, 0) is 81.0 Å². The fourth-order valence-corrected chi connectivity index (χ4v) is 5.88. The molecule has 0 radical (unpaired) electrons. The van der Waals surface area contributed by atoms with Gasteiger partial charge in [-0.3, -0.25) is 0 Å². The minimum atomic E-state index is 0.576. The van der Waals surface area contributed by atoms with Gasteiger partial charge in [0.15, 0.2) is 0 Å². The monoisotopic (exact) mass is 292 g/mol. The highest BCUT2D eigenvalue weighted by molar-refractivity contribution is 4.89. The highest BCUT2D eigenvalue weighted by Crippen LogP contribution is 2.48. The summed E-state index contributed by atoms with van der Waals surface area (Å²) in [7, 11) is 1.91. The van der Waals surface area contributed by atoms with E-state index in [0.717, 1.165) is 29.6 Å². The molecule has 1 nitrogen and oxygen atoms in total. The molecule has 0 heterocycles. The van der Waals surface area contributed by atoms with Crippen LogP contribution < -0.4 is 0 Å². The van der Waals surface area contributed by atoms with Gasteiger partial charge in [-0.1, -0.05) is 32.6 Å². The zero-order valence-corrected chi connectivity index (χ0v) is 14.4. The van der Waals surface area contributed by atoms with Crippen LogP contribution in [0.25, 0.3) is 0 Å². The summed E-state index contributed by atoms with van der Waals surface area (Å²) in [4.78, 5) is 0. The first kappa shape index (κ1) is 15.8. The van der Waals surface area contributed by atoms with E-state index in [4.69, 9.17) is 4.74 Å². The molecule has 3 aliphatic rings. The summed E-state index contributed by atoms with van der Waals surface area (Å²) < 4.78 is 5.62. The molecule has 4 unspecified atom stereocenters. The van der Waals surface area contributed by atoms with Crippen molar-refractivity contribution in [3.05, 3.63) is 0 Å². The van der Waals surface area contributed by atoms with Crippen molar-refractivity contribution < 1.29 is 4.74 Å². The Morgan fingerprint density at radius 3 is 1.95 bits per heavy atom. The summed E-state index contributed by atoms with van der Waals surface area (Å²) in [6.45, 7) is 2.35. The second kappa shape index (κ2) is 7.49. The number of methoxy groups -OCH3 is 1. The van der Waals surface area contributed by atoms with Gasteiger partial charge in [0.05, 0.1) is 6.10 Å². The van der Waals surface area contributed by atoms with Crippen molar-refractivity contribution in [3.8, 4) is 0 Å². The molecule has 1 heteroatoms. The van der Waals surface area contributed by atoms with Crippen molar-refractivity contribution >= 4 is 0 Å². The number of hydrogen-bond acceptors (Lipinski definition) is 1. The molecular weight excluding hydrogens is 256 g/mol. The lowest BCUT2D eigenvalue weighted by Gasteiger charge is -2.45. The lowest BCUT2D eigenvalue weighted by atomic mass is 9.62. The maximum absolute atomic E-state index is 5.62. The van der Waals surface area contributed by atoms with Crippen molar-refractivity contribution in [2.45, 2.75) is 90.1 Å². The number of fused-ring (bicyclic) bond motifs is 1. The summed E-state index contributed by atoms with van der Waals surface area (Å²) >= 11 is 0. The van der Waals surface area contributed by atoms with Crippen LogP contribution in [0.15, 0.2) is 0 Å². The summed E-state index contributed by atoms with van der Waals surface area (Å²) in [5.74, 6) is 5.27. The molecule has 0 saturated heterocycles. The van der Waals surface area contributed by atoms with Crippen molar-refractivity contribution in [2.75, 3.05) is 7.11 Å². The van der Waals surface area contributed by atoms with Crippen LogP contribution in [0.1, 0.15) is 84.0 Å². The van der Waals surface area contributed by atoms with E-state index >= 15 is 0 Å². The smallest absolute Gasteiger partial charge is 0.0574 e. The second-order valence-corrected chi connectivity index (χ2v) is 8.33. The molecule has 3 saturated carbocycles. The molecule has 0 spiro atoms. The Morgan fingerprint density at radius 1 is 0.714 bits per heavy atom. The molecule has 0 N–H and O–H groups in total. The van der Waals surface area contributed by atoms with E-state index in [-0.39, 0.29) is 0 Å². The molecule has 122 valence electrons. The van der Waals surface area contributed by atoms with Crippen LogP contribution in [-0.2, 0) is 4.74 Å². The Labute approximate surface area is 132 Å². The van der Waals surface area contributed by atoms with Crippen LogP contribution >= 0.6 is 0 Å². The standard InChI is InChI=1S/C20H36O/c1-3-4-15-5-7-16(8-6-15)17-9-10-19-14-20(21-2)12-11-18(19)13-17/h15-20H,3-14H2,1-2H3. The Morgan fingerprint density at radius 2 is 1.29 bits per heavy atom. The van der Waals surface area contributed by atoms with Gasteiger partial charge in [0.25, 0.3) is 0 Å². The first-order valence-electron chi connectivity index (χ1n) is 9.82. The van der Waals surface area contributed by atoms with Gasteiger partial charge >= 0.3 is 0 Å². The van der Waals surface area contributed by atoms with E-state index in [1.165, 1.54) is 57.8 Å². The molecule has 0 aromatic rings. The Kier molecular flexibility index (Phi) is 5.65. The summed E-state index contributed by atoms with van der Waals surface area (Å²) in [6, 6.07) is 0. The largest absolute Gasteiger partial charge is 0.381 e. The minimum absolute atomic E-state index is 0.576. The zero-order chi connectivity index (χ0) is 14.7. The fourth-order valence-electron chi connectivity index (χ4n) is 5.88. The quantitative estimate of drug-likeness (QED) is 0.634. The summed E-state index contributed by atoms with van der Waals surface area (Å²) in [6.07, 6.45) is 18.4. The third kappa shape index (κ3) is 3.84. The van der Waals surface area contributed by atoms with Crippen molar-refractivity contribution in [1.29, 1.82) is 0 Å². The molecule has 0 amide bonds. The third-order valence-electron chi connectivity index (χ3n) is 7.19. The van der Waals surface area contributed by atoms with E-state index < -0.39 is 0 Å². The predicted octanol–water partition coefficient (Wildman–Crippen LogP) is 5.82.